The minimum Gasteiger partial charge on any atom is -0.387 e. The molecule has 168 valence electrons. The van der Waals surface area contributed by atoms with E-state index in [2.05, 4.69) is 15.4 Å². The van der Waals surface area contributed by atoms with Gasteiger partial charge in [0.15, 0.2) is 0 Å². The number of primary amides is 1. The van der Waals surface area contributed by atoms with Crippen molar-refractivity contribution in [3.8, 4) is 11.1 Å². The summed E-state index contributed by atoms with van der Waals surface area (Å²) in [5.74, 6) is -0.414. The zero-order chi connectivity index (χ0) is 23.5. The molecule has 1 aliphatic heterocycles. The number of nitrogens with two attached hydrogens (primary N) is 2. The number of nitrogens with zero attached hydrogens (tertiary/aromatic N) is 3. The summed E-state index contributed by atoms with van der Waals surface area (Å²) in [6, 6.07) is 11.1. The van der Waals surface area contributed by atoms with Gasteiger partial charge in [0.2, 0.25) is 11.8 Å². The van der Waals surface area contributed by atoms with Crippen molar-refractivity contribution >= 4 is 40.2 Å². The summed E-state index contributed by atoms with van der Waals surface area (Å²) in [5.41, 5.74) is 14.7. The summed E-state index contributed by atoms with van der Waals surface area (Å²) in [4.78, 5) is 40.6. The number of amidine groups is 1. The van der Waals surface area contributed by atoms with Crippen LogP contribution in [0.15, 0.2) is 58.0 Å². The van der Waals surface area contributed by atoms with Crippen LogP contribution in [0.5, 0.6) is 0 Å². The van der Waals surface area contributed by atoms with E-state index in [0.29, 0.717) is 34.4 Å². The summed E-state index contributed by atoms with van der Waals surface area (Å²) in [5, 5.41) is 8.00. The van der Waals surface area contributed by atoms with Gasteiger partial charge in [-0.05, 0) is 41.8 Å². The third kappa shape index (κ3) is 4.67. The SMILES string of the molecule is CCCNC(=O)C1=Cc2ccc(-c3ccc4c(=O)n(CC(N)=O)ncc4c3)cc2N=C(N)C1. The number of benzene rings is 2. The number of aliphatic imine (C=N–C) groups is 1. The average Bonchev–Trinajstić information content (AvgIpc) is 2.96. The molecular weight excluding hydrogens is 420 g/mol. The number of carbonyl (C=O) groups is 2. The van der Waals surface area contributed by atoms with Crippen LogP contribution in [0.1, 0.15) is 25.3 Å². The van der Waals surface area contributed by atoms with E-state index in [-0.39, 0.29) is 24.4 Å². The molecule has 5 N–H and O–H groups in total. The molecule has 2 amide bonds. The average molecular weight is 444 g/mol. The van der Waals surface area contributed by atoms with Crippen LogP contribution in [0.3, 0.4) is 0 Å². The van der Waals surface area contributed by atoms with Crippen LogP contribution < -0.4 is 22.3 Å². The van der Waals surface area contributed by atoms with Crippen LogP contribution >= 0.6 is 0 Å². The second kappa shape index (κ2) is 9.07. The molecule has 33 heavy (non-hydrogen) atoms. The van der Waals surface area contributed by atoms with Gasteiger partial charge in [-0.3, -0.25) is 14.4 Å². The summed E-state index contributed by atoms with van der Waals surface area (Å²) < 4.78 is 1.05. The first-order valence-corrected chi connectivity index (χ1v) is 10.6. The van der Waals surface area contributed by atoms with E-state index in [4.69, 9.17) is 11.5 Å². The Kier molecular flexibility index (Phi) is 6.03. The molecule has 0 bridgehead atoms. The van der Waals surface area contributed by atoms with E-state index < -0.39 is 5.91 Å². The minimum absolute atomic E-state index is 0.143. The van der Waals surface area contributed by atoms with E-state index in [1.54, 1.807) is 6.07 Å². The zero-order valence-corrected chi connectivity index (χ0v) is 18.2. The van der Waals surface area contributed by atoms with Crippen LogP contribution in [0, 0.1) is 0 Å². The maximum atomic E-state index is 12.6. The molecule has 1 aromatic heterocycles. The van der Waals surface area contributed by atoms with Gasteiger partial charge in [0.1, 0.15) is 12.4 Å². The number of hydrogen-bond donors (Lipinski definition) is 3. The van der Waals surface area contributed by atoms with E-state index in [9.17, 15) is 14.4 Å². The van der Waals surface area contributed by atoms with Gasteiger partial charge in [0.25, 0.3) is 5.56 Å². The minimum atomic E-state index is -0.634. The monoisotopic (exact) mass is 444 g/mol. The number of nitrogens with one attached hydrogen (secondary N) is 1. The van der Waals surface area contributed by atoms with Crippen molar-refractivity contribution in [2.75, 3.05) is 6.54 Å². The lowest BCUT2D eigenvalue weighted by molar-refractivity contribution is -0.119. The van der Waals surface area contributed by atoms with Crippen molar-refractivity contribution in [1.82, 2.24) is 15.1 Å². The Morgan fingerprint density at radius 1 is 1.15 bits per heavy atom. The van der Waals surface area contributed by atoms with Gasteiger partial charge in [-0.25, -0.2) is 9.67 Å². The Hall–Kier alpha value is -4.27. The molecule has 9 nitrogen and oxygen atoms in total. The highest BCUT2D eigenvalue weighted by molar-refractivity contribution is 6.05. The van der Waals surface area contributed by atoms with Crippen molar-refractivity contribution in [1.29, 1.82) is 0 Å². The molecule has 0 atom stereocenters. The van der Waals surface area contributed by atoms with Crippen LogP contribution in [0.2, 0.25) is 0 Å². The van der Waals surface area contributed by atoms with Crippen molar-refractivity contribution in [2.24, 2.45) is 16.5 Å². The van der Waals surface area contributed by atoms with Gasteiger partial charge >= 0.3 is 0 Å². The van der Waals surface area contributed by atoms with Crippen molar-refractivity contribution < 1.29 is 9.59 Å². The molecule has 0 fully saturated rings. The van der Waals surface area contributed by atoms with Crippen LogP contribution in [0.4, 0.5) is 5.69 Å². The normalized spacial score (nSPS) is 13.0. The molecule has 2 aromatic carbocycles. The highest BCUT2D eigenvalue weighted by Crippen LogP contribution is 2.32. The highest BCUT2D eigenvalue weighted by atomic mass is 16.2. The highest BCUT2D eigenvalue weighted by Gasteiger charge is 2.16. The van der Waals surface area contributed by atoms with Crippen molar-refractivity contribution in [2.45, 2.75) is 26.3 Å². The first-order valence-electron chi connectivity index (χ1n) is 10.6. The molecule has 2 heterocycles. The Balaban J connectivity index is 1.71. The first-order chi connectivity index (χ1) is 15.9. The third-order valence-corrected chi connectivity index (χ3v) is 5.31. The molecular formula is C24H24N6O3. The molecule has 0 saturated carbocycles. The molecule has 0 unspecified atom stereocenters. The van der Waals surface area contributed by atoms with Gasteiger partial charge in [0.05, 0.1) is 17.3 Å². The van der Waals surface area contributed by atoms with Crippen molar-refractivity contribution in [3.63, 3.8) is 0 Å². The van der Waals surface area contributed by atoms with Crippen LogP contribution in [0.25, 0.3) is 28.0 Å². The largest absolute Gasteiger partial charge is 0.387 e. The number of carbonyl (C=O) groups excluding carboxylic acids is 2. The summed E-state index contributed by atoms with van der Waals surface area (Å²) in [6.07, 6.45) is 4.48. The van der Waals surface area contributed by atoms with Crippen molar-refractivity contribution in [3.05, 3.63) is 64.1 Å². The molecule has 9 heteroatoms. The molecule has 1 aliphatic rings. The lowest BCUT2D eigenvalue weighted by Crippen LogP contribution is -2.29. The molecule has 4 rings (SSSR count). The van der Waals surface area contributed by atoms with E-state index in [0.717, 1.165) is 27.8 Å². The predicted molar refractivity (Wildman–Crippen MR) is 128 cm³/mol. The fourth-order valence-electron chi connectivity index (χ4n) is 3.70. The number of fused-ring (bicyclic) bond motifs is 2. The Morgan fingerprint density at radius 2 is 1.91 bits per heavy atom. The smallest absolute Gasteiger partial charge is 0.275 e. The van der Waals surface area contributed by atoms with E-state index in [1.807, 2.05) is 43.3 Å². The second-order valence-electron chi connectivity index (χ2n) is 7.85. The van der Waals surface area contributed by atoms with E-state index >= 15 is 0 Å². The lowest BCUT2D eigenvalue weighted by atomic mass is 9.99. The van der Waals surface area contributed by atoms with Gasteiger partial charge in [-0.1, -0.05) is 25.1 Å². The number of amides is 2. The number of hydrogen-bond acceptors (Lipinski definition) is 6. The van der Waals surface area contributed by atoms with Gasteiger partial charge in [-0.15, -0.1) is 0 Å². The molecule has 0 radical (unpaired) electrons. The molecule has 0 spiro atoms. The fraction of sp³-hybridized carbons (Fsp3) is 0.208. The van der Waals surface area contributed by atoms with Crippen LogP contribution in [-0.4, -0.2) is 34.0 Å². The quantitative estimate of drug-likeness (QED) is 0.531. The second-order valence-corrected chi connectivity index (χ2v) is 7.85. The van der Waals surface area contributed by atoms with E-state index in [1.165, 1.54) is 6.20 Å². The first kappa shape index (κ1) is 21.9. The molecule has 3 aromatic rings. The zero-order valence-electron chi connectivity index (χ0n) is 18.2. The van der Waals surface area contributed by atoms with Gasteiger partial charge < -0.3 is 16.8 Å². The predicted octanol–water partition coefficient (Wildman–Crippen LogP) is 1.85. The third-order valence-electron chi connectivity index (χ3n) is 5.31. The Bertz CT molecular complexity index is 1390. The molecule has 0 saturated heterocycles. The fourth-order valence-corrected chi connectivity index (χ4v) is 3.70. The summed E-state index contributed by atoms with van der Waals surface area (Å²) >= 11 is 0. The maximum Gasteiger partial charge on any atom is 0.275 e. The topological polar surface area (TPSA) is 145 Å². The number of rotatable bonds is 6. The Morgan fingerprint density at radius 3 is 2.67 bits per heavy atom. The van der Waals surface area contributed by atoms with Gasteiger partial charge in [0, 0.05) is 29.5 Å². The lowest BCUT2D eigenvalue weighted by Gasteiger charge is -2.08. The maximum absolute atomic E-state index is 12.6. The summed E-state index contributed by atoms with van der Waals surface area (Å²) in [7, 11) is 0. The number of aromatic nitrogens is 2. The van der Waals surface area contributed by atoms with Crippen LogP contribution in [-0.2, 0) is 16.1 Å². The molecule has 0 aliphatic carbocycles. The Labute approximate surface area is 189 Å². The summed E-state index contributed by atoms with van der Waals surface area (Å²) in [6.45, 7) is 2.32. The van der Waals surface area contributed by atoms with Gasteiger partial charge in [-0.2, -0.15) is 5.10 Å². The standard InChI is InChI=1S/C24H24N6O3/c1-2-7-27-23(32)17-9-16-4-3-15(10-20(16)29-21(25)11-17)14-5-6-19-18(8-14)12-28-30(24(19)33)13-22(26)31/h3-6,8-10,12H,2,7,11,13H2,1H3,(H2,25,29)(H2,26,31)(H,27,32).